The third kappa shape index (κ3) is 4.07. The van der Waals surface area contributed by atoms with E-state index >= 15 is 0 Å². The molecule has 0 bridgehead atoms. The van der Waals surface area contributed by atoms with Gasteiger partial charge in [-0.1, -0.05) is 29.8 Å². The lowest BCUT2D eigenvalue weighted by Gasteiger charge is -2.06. The van der Waals surface area contributed by atoms with E-state index < -0.39 is 9.04 Å². The Balaban J connectivity index is 2.28. The Morgan fingerprint density at radius 3 is 2.43 bits per heavy atom. The molecule has 0 atom stereocenters. The van der Waals surface area contributed by atoms with Crippen molar-refractivity contribution in [3.05, 3.63) is 35.4 Å². The topological polar surface area (TPSA) is 9.23 Å². The van der Waals surface area contributed by atoms with E-state index in [2.05, 4.69) is 37.7 Å². The van der Waals surface area contributed by atoms with E-state index in [9.17, 15) is 0 Å². The molecule has 1 nitrogen and oxygen atoms in total. The fraction of sp³-hybridized carbons (Fsp3) is 0.500. The van der Waals surface area contributed by atoms with E-state index in [1.165, 1.54) is 30.0 Å². The minimum atomic E-state index is -0.507. The molecule has 0 aliphatic heterocycles. The zero-order valence-corrected chi connectivity index (χ0v) is 10.3. The second-order valence-electron chi connectivity index (χ2n) is 3.75. The van der Waals surface area contributed by atoms with Crippen molar-refractivity contribution in [2.75, 3.05) is 7.11 Å². The first-order valence-electron chi connectivity index (χ1n) is 5.14. The molecule has 0 aliphatic carbocycles. The molecule has 0 spiro atoms. The van der Waals surface area contributed by atoms with Gasteiger partial charge in [-0.3, -0.25) is 0 Å². The van der Waals surface area contributed by atoms with Crippen LogP contribution < -0.4 is 0 Å². The van der Waals surface area contributed by atoms with E-state index in [-0.39, 0.29) is 0 Å². The molecule has 77 valence electrons. The minimum Gasteiger partial charge on any atom is -0.420 e. The zero-order valence-electron chi connectivity index (χ0n) is 9.34. The zero-order chi connectivity index (χ0) is 10.4. The van der Waals surface area contributed by atoms with Gasteiger partial charge in [0.25, 0.3) is 0 Å². The summed E-state index contributed by atoms with van der Waals surface area (Å²) in [6.45, 7) is 4.35. The summed E-state index contributed by atoms with van der Waals surface area (Å²) < 4.78 is 5.31. The third-order valence-corrected chi connectivity index (χ3v) is 4.22. The maximum Gasteiger partial charge on any atom is 0.207 e. The maximum absolute atomic E-state index is 5.31. The van der Waals surface area contributed by atoms with E-state index in [1.54, 1.807) is 0 Å². The molecule has 0 saturated heterocycles. The van der Waals surface area contributed by atoms with Gasteiger partial charge in [0.15, 0.2) is 0 Å². The third-order valence-electron chi connectivity index (χ3n) is 2.46. The Labute approximate surface area is 88.8 Å². The molecule has 0 amide bonds. The highest BCUT2D eigenvalue weighted by molar-refractivity contribution is 6.50. The Hall–Kier alpha value is -0.603. The van der Waals surface area contributed by atoms with E-state index in [0.29, 0.717) is 0 Å². The van der Waals surface area contributed by atoms with Crippen LogP contribution in [0.3, 0.4) is 0 Å². The summed E-state index contributed by atoms with van der Waals surface area (Å²) in [6.07, 6.45) is 2.44. The summed E-state index contributed by atoms with van der Waals surface area (Å²) in [5.74, 6) is 0. The monoisotopic (exact) mass is 207 g/mol. The van der Waals surface area contributed by atoms with Crippen LogP contribution in [0.5, 0.6) is 0 Å². The number of aryl methyl sites for hydroxylation is 2. The summed E-state index contributed by atoms with van der Waals surface area (Å²) in [5, 5.41) is 0. The highest BCUT2D eigenvalue weighted by Crippen LogP contribution is 2.08. The van der Waals surface area contributed by atoms with Gasteiger partial charge in [0.2, 0.25) is 9.04 Å². The van der Waals surface area contributed by atoms with Crippen molar-refractivity contribution in [3.63, 3.8) is 0 Å². The van der Waals surface area contributed by atoms with Crippen molar-refractivity contribution < 1.29 is 4.43 Å². The average Bonchev–Trinajstić information content (AvgIpc) is 2.21. The standard InChI is InChI=1S/C12H19OSi/c1-11-6-8-12(9-7-11)5-4-10-14(3)13-2/h6-9H,4-5,10H2,1-3H3. The molecule has 0 aliphatic rings. The molecule has 0 fully saturated rings. The van der Waals surface area contributed by atoms with E-state index in [0.717, 1.165) is 0 Å². The first-order chi connectivity index (χ1) is 6.72. The van der Waals surface area contributed by atoms with Crippen molar-refractivity contribution >= 4 is 9.04 Å². The molecule has 0 N–H and O–H groups in total. The van der Waals surface area contributed by atoms with Crippen LogP contribution in [-0.4, -0.2) is 16.2 Å². The Morgan fingerprint density at radius 1 is 1.21 bits per heavy atom. The van der Waals surface area contributed by atoms with Gasteiger partial charge in [-0.05, 0) is 37.9 Å². The maximum atomic E-state index is 5.31. The van der Waals surface area contributed by atoms with Crippen molar-refractivity contribution in [3.8, 4) is 0 Å². The summed E-state index contributed by atoms with van der Waals surface area (Å²) in [7, 11) is 1.31. The SMILES string of the molecule is CO[Si](C)CCCc1ccc(C)cc1. The number of rotatable bonds is 5. The van der Waals surface area contributed by atoms with Gasteiger partial charge in [-0.25, -0.2) is 0 Å². The first-order valence-corrected chi connectivity index (χ1v) is 7.26. The van der Waals surface area contributed by atoms with Crippen LogP contribution in [0.2, 0.25) is 12.6 Å². The van der Waals surface area contributed by atoms with Gasteiger partial charge in [-0.15, -0.1) is 0 Å². The van der Waals surface area contributed by atoms with Gasteiger partial charge in [0, 0.05) is 7.11 Å². The number of hydrogen-bond acceptors (Lipinski definition) is 1. The van der Waals surface area contributed by atoms with Crippen molar-refractivity contribution in [1.29, 1.82) is 0 Å². The predicted molar refractivity (Wildman–Crippen MR) is 62.9 cm³/mol. The summed E-state index contributed by atoms with van der Waals surface area (Å²) in [4.78, 5) is 0. The Kier molecular flexibility index (Phi) is 4.91. The molecule has 1 radical (unpaired) electrons. The van der Waals surface area contributed by atoms with Crippen LogP contribution in [-0.2, 0) is 10.8 Å². The second kappa shape index (κ2) is 5.99. The number of benzene rings is 1. The molecule has 14 heavy (non-hydrogen) atoms. The van der Waals surface area contributed by atoms with Crippen LogP contribution in [0.15, 0.2) is 24.3 Å². The summed E-state index contributed by atoms with van der Waals surface area (Å²) in [5.41, 5.74) is 2.78. The smallest absolute Gasteiger partial charge is 0.207 e. The van der Waals surface area contributed by atoms with Crippen LogP contribution >= 0.6 is 0 Å². The quantitative estimate of drug-likeness (QED) is 0.674. The average molecular weight is 207 g/mol. The molecule has 1 aromatic rings. The molecule has 0 saturated carbocycles. The fourth-order valence-electron chi connectivity index (χ4n) is 1.40. The minimum absolute atomic E-state index is 0.507. The fourth-order valence-corrected chi connectivity index (χ4v) is 2.28. The molecule has 1 aromatic carbocycles. The Morgan fingerprint density at radius 2 is 1.86 bits per heavy atom. The molecular formula is C12H19OSi. The summed E-state index contributed by atoms with van der Waals surface area (Å²) >= 11 is 0. The van der Waals surface area contributed by atoms with E-state index in [1.807, 2.05) is 7.11 Å². The lowest BCUT2D eigenvalue weighted by atomic mass is 10.1. The molecule has 0 unspecified atom stereocenters. The van der Waals surface area contributed by atoms with Crippen LogP contribution in [0.1, 0.15) is 17.5 Å². The molecule has 0 aromatic heterocycles. The number of hydrogen-bond donors (Lipinski definition) is 0. The van der Waals surface area contributed by atoms with Crippen molar-refractivity contribution in [2.45, 2.75) is 32.4 Å². The normalized spacial score (nSPS) is 10.9. The van der Waals surface area contributed by atoms with Gasteiger partial charge >= 0.3 is 0 Å². The van der Waals surface area contributed by atoms with Gasteiger partial charge < -0.3 is 4.43 Å². The van der Waals surface area contributed by atoms with E-state index in [4.69, 9.17) is 4.43 Å². The lowest BCUT2D eigenvalue weighted by molar-refractivity contribution is 0.422. The van der Waals surface area contributed by atoms with Crippen molar-refractivity contribution in [1.82, 2.24) is 0 Å². The Bertz CT molecular complexity index is 256. The van der Waals surface area contributed by atoms with Crippen LogP contribution in [0.25, 0.3) is 0 Å². The summed E-state index contributed by atoms with van der Waals surface area (Å²) in [6, 6.07) is 10.1. The highest BCUT2D eigenvalue weighted by Gasteiger charge is 2.02. The predicted octanol–water partition coefficient (Wildman–Crippen LogP) is 3.20. The van der Waals surface area contributed by atoms with Gasteiger partial charge in [0.1, 0.15) is 0 Å². The van der Waals surface area contributed by atoms with Gasteiger partial charge in [0.05, 0.1) is 0 Å². The molecule has 0 heterocycles. The van der Waals surface area contributed by atoms with Crippen molar-refractivity contribution in [2.24, 2.45) is 0 Å². The second-order valence-corrected chi connectivity index (χ2v) is 6.06. The lowest BCUT2D eigenvalue weighted by Crippen LogP contribution is -2.09. The molecule has 1 rings (SSSR count). The molecule has 2 heteroatoms. The van der Waals surface area contributed by atoms with Crippen LogP contribution in [0, 0.1) is 6.92 Å². The largest absolute Gasteiger partial charge is 0.420 e. The van der Waals surface area contributed by atoms with Gasteiger partial charge in [-0.2, -0.15) is 0 Å². The highest BCUT2D eigenvalue weighted by atomic mass is 28.3. The first kappa shape index (κ1) is 11.5. The van der Waals surface area contributed by atoms with Crippen LogP contribution in [0.4, 0.5) is 0 Å². The molecular weight excluding hydrogens is 188 g/mol.